The molecule has 0 aromatic heterocycles. The van der Waals surface area contributed by atoms with E-state index in [0.717, 1.165) is 13.0 Å². The summed E-state index contributed by atoms with van der Waals surface area (Å²) in [6.45, 7) is 0.859. The minimum absolute atomic E-state index is 0.164. The topological polar surface area (TPSA) is 73.6 Å². The third-order valence-electron chi connectivity index (χ3n) is 1.52. The van der Waals surface area contributed by atoms with Gasteiger partial charge in [-0.2, -0.15) is 0 Å². The minimum atomic E-state index is 0.164. The standard InChI is InChI=1S/C6H13N3OSi/c7-6(8)9-11-5-3-1-2-4-10-5/h5H,1-4H2,(H4,7,8,9). The van der Waals surface area contributed by atoms with Crippen molar-refractivity contribution in [3.63, 3.8) is 0 Å². The number of ether oxygens (including phenoxy) is 1. The number of rotatable bonds is 2. The summed E-state index contributed by atoms with van der Waals surface area (Å²) in [7, 11) is 0.377. The zero-order valence-electron chi connectivity index (χ0n) is 6.42. The van der Waals surface area contributed by atoms with Gasteiger partial charge in [0.25, 0.3) is 0 Å². The van der Waals surface area contributed by atoms with E-state index in [9.17, 15) is 0 Å². The maximum absolute atomic E-state index is 5.42. The molecule has 1 atom stereocenters. The number of hydrogen-bond acceptors (Lipinski definition) is 2. The van der Waals surface area contributed by atoms with Gasteiger partial charge >= 0.3 is 0 Å². The van der Waals surface area contributed by atoms with Crippen LogP contribution in [-0.4, -0.2) is 28.0 Å². The first-order valence-corrected chi connectivity index (χ1v) is 4.77. The summed E-state index contributed by atoms with van der Waals surface area (Å²) in [4.78, 5) is 0. The number of guanidine groups is 1. The SMILES string of the molecule is NC(N)=N[Si]C1CCCCO1. The summed E-state index contributed by atoms with van der Waals surface area (Å²) in [5.41, 5.74) is 10.6. The Kier molecular flexibility index (Phi) is 3.38. The first-order chi connectivity index (χ1) is 5.29. The highest BCUT2D eigenvalue weighted by molar-refractivity contribution is 6.37. The Morgan fingerprint density at radius 3 is 2.82 bits per heavy atom. The van der Waals surface area contributed by atoms with Crippen LogP contribution in [0.3, 0.4) is 0 Å². The van der Waals surface area contributed by atoms with Crippen LogP contribution < -0.4 is 11.5 Å². The van der Waals surface area contributed by atoms with Crippen molar-refractivity contribution in [3.8, 4) is 0 Å². The average molecular weight is 171 g/mol. The fourth-order valence-corrected chi connectivity index (χ4v) is 1.81. The van der Waals surface area contributed by atoms with Crippen molar-refractivity contribution in [1.82, 2.24) is 0 Å². The monoisotopic (exact) mass is 171 g/mol. The maximum Gasteiger partial charge on any atom is 0.248 e. The molecule has 0 spiro atoms. The van der Waals surface area contributed by atoms with E-state index in [0.29, 0.717) is 9.68 Å². The van der Waals surface area contributed by atoms with Crippen LogP contribution in [0.2, 0.25) is 0 Å². The molecular weight excluding hydrogens is 158 g/mol. The highest BCUT2D eigenvalue weighted by Gasteiger charge is 2.14. The molecule has 2 radical (unpaired) electrons. The number of hydrogen-bond donors (Lipinski definition) is 2. The lowest BCUT2D eigenvalue weighted by molar-refractivity contribution is 0.0651. The third-order valence-corrected chi connectivity index (χ3v) is 2.65. The molecule has 62 valence electrons. The molecule has 0 saturated carbocycles. The van der Waals surface area contributed by atoms with Crippen molar-refractivity contribution in [1.29, 1.82) is 0 Å². The molecule has 11 heavy (non-hydrogen) atoms. The van der Waals surface area contributed by atoms with Gasteiger partial charge in [0, 0.05) is 6.61 Å². The van der Waals surface area contributed by atoms with Crippen molar-refractivity contribution < 1.29 is 4.74 Å². The van der Waals surface area contributed by atoms with E-state index in [2.05, 4.69) is 4.66 Å². The first-order valence-electron chi connectivity index (χ1n) is 3.75. The number of nitrogens with zero attached hydrogens (tertiary/aromatic N) is 1. The lowest BCUT2D eigenvalue weighted by Gasteiger charge is -2.19. The van der Waals surface area contributed by atoms with Crippen LogP contribution in [0.4, 0.5) is 0 Å². The zero-order valence-corrected chi connectivity index (χ0v) is 7.42. The van der Waals surface area contributed by atoms with Crippen molar-refractivity contribution in [2.75, 3.05) is 6.61 Å². The molecule has 0 aromatic rings. The van der Waals surface area contributed by atoms with Crippen molar-refractivity contribution in [3.05, 3.63) is 0 Å². The third kappa shape index (κ3) is 3.38. The molecule has 0 amide bonds. The van der Waals surface area contributed by atoms with E-state index in [1.807, 2.05) is 0 Å². The Morgan fingerprint density at radius 1 is 1.45 bits per heavy atom. The summed E-state index contributed by atoms with van der Waals surface area (Å²) < 4.78 is 9.35. The van der Waals surface area contributed by atoms with Gasteiger partial charge in [0.15, 0.2) is 5.96 Å². The van der Waals surface area contributed by atoms with Gasteiger partial charge in [0.2, 0.25) is 9.68 Å². The van der Waals surface area contributed by atoms with E-state index in [1.54, 1.807) is 0 Å². The number of nitrogens with two attached hydrogens (primary N) is 2. The molecule has 4 N–H and O–H groups in total. The van der Waals surface area contributed by atoms with E-state index >= 15 is 0 Å². The van der Waals surface area contributed by atoms with Crippen molar-refractivity contribution in [2.45, 2.75) is 25.0 Å². The largest absolute Gasteiger partial charge is 0.380 e. The normalized spacial score (nSPS) is 24.5. The van der Waals surface area contributed by atoms with E-state index < -0.39 is 0 Å². The van der Waals surface area contributed by atoms with Gasteiger partial charge in [0.1, 0.15) is 0 Å². The first kappa shape index (κ1) is 8.54. The van der Waals surface area contributed by atoms with Crippen LogP contribution in [-0.2, 0) is 4.74 Å². The minimum Gasteiger partial charge on any atom is -0.380 e. The average Bonchev–Trinajstić information content (AvgIpc) is 2.03. The van der Waals surface area contributed by atoms with E-state index in [-0.39, 0.29) is 11.7 Å². The molecule has 1 saturated heterocycles. The van der Waals surface area contributed by atoms with Crippen molar-refractivity contribution >= 4 is 15.6 Å². The Bertz CT molecular complexity index is 141. The quantitative estimate of drug-likeness (QED) is 0.331. The van der Waals surface area contributed by atoms with E-state index in [1.165, 1.54) is 12.8 Å². The molecule has 1 heterocycles. The molecule has 5 heteroatoms. The van der Waals surface area contributed by atoms with Crippen LogP contribution in [0.1, 0.15) is 19.3 Å². The Hall–Kier alpha value is -0.553. The maximum atomic E-state index is 5.42. The second-order valence-corrected chi connectivity index (χ2v) is 3.65. The van der Waals surface area contributed by atoms with Gasteiger partial charge in [0.05, 0.1) is 5.73 Å². The molecule has 1 aliphatic heterocycles. The molecule has 1 aliphatic rings. The molecule has 1 unspecified atom stereocenters. The Labute approximate surface area is 68.9 Å². The molecule has 0 aliphatic carbocycles. The zero-order chi connectivity index (χ0) is 8.10. The molecule has 0 bridgehead atoms. The van der Waals surface area contributed by atoms with Crippen molar-refractivity contribution in [2.24, 2.45) is 16.1 Å². The Balaban J connectivity index is 2.19. The fraction of sp³-hybridized carbons (Fsp3) is 0.833. The predicted octanol–water partition coefficient (Wildman–Crippen LogP) is -0.594. The van der Waals surface area contributed by atoms with Crippen LogP contribution in [0.25, 0.3) is 0 Å². The predicted molar refractivity (Wildman–Crippen MR) is 45.2 cm³/mol. The molecule has 0 aromatic carbocycles. The summed E-state index contributed by atoms with van der Waals surface area (Å²) in [6.07, 6.45) is 3.50. The summed E-state index contributed by atoms with van der Waals surface area (Å²) in [6, 6.07) is 0. The van der Waals surface area contributed by atoms with Gasteiger partial charge in [-0.3, -0.25) is 4.66 Å². The molecule has 4 nitrogen and oxygen atoms in total. The van der Waals surface area contributed by atoms with Gasteiger partial charge in [-0.15, -0.1) is 0 Å². The van der Waals surface area contributed by atoms with Crippen LogP contribution in [0.15, 0.2) is 4.66 Å². The van der Waals surface area contributed by atoms with E-state index in [4.69, 9.17) is 16.2 Å². The summed E-state index contributed by atoms with van der Waals surface area (Å²) in [5.74, 6) is 0.164. The van der Waals surface area contributed by atoms with Gasteiger partial charge in [-0.1, -0.05) is 0 Å². The summed E-state index contributed by atoms with van der Waals surface area (Å²) in [5, 5.41) is 0. The highest BCUT2D eigenvalue weighted by atomic mass is 28.2. The molecule has 1 fully saturated rings. The fourth-order valence-electron chi connectivity index (χ4n) is 0.989. The molecular formula is C6H13N3OSi. The summed E-state index contributed by atoms with van der Waals surface area (Å²) >= 11 is 0. The van der Waals surface area contributed by atoms with Crippen LogP contribution >= 0.6 is 0 Å². The van der Waals surface area contributed by atoms with Crippen LogP contribution in [0.5, 0.6) is 0 Å². The smallest absolute Gasteiger partial charge is 0.248 e. The van der Waals surface area contributed by atoms with Gasteiger partial charge < -0.3 is 16.2 Å². The van der Waals surface area contributed by atoms with Crippen LogP contribution in [0, 0.1) is 0 Å². The second kappa shape index (κ2) is 4.35. The lowest BCUT2D eigenvalue weighted by atomic mass is 10.2. The van der Waals surface area contributed by atoms with Gasteiger partial charge in [-0.05, 0) is 19.3 Å². The lowest BCUT2D eigenvalue weighted by Crippen LogP contribution is -2.29. The van der Waals surface area contributed by atoms with Gasteiger partial charge in [-0.25, -0.2) is 0 Å². The highest BCUT2D eigenvalue weighted by Crippen LogP contribution is 2.11. The Morgan fingerprint density at radius 2 is 2.27 bits per heavy atom. The second-order valence-electron chi connectivity index (χ2n) is 2.52. The molecule has 1 rings (SSSR count).